The molecule has 0 aliphatic carbocycles. The normalized spacial score (nSPS) is 11.3. The lowest BCUT2D eigenvalue weighted by Crippen LogP contribution is -2.37. The van der Waals surface area contributed by atoms with Gasteiger partial charge in [-0.25, -0.2) is 17.9 Å². The Balaban J connectivity index is 1.83. The lowest BCUT2D eigenvalue weighted by Gasteiger charge is -2.09. The molecule has 0 unspecified atom stereocenters. The highest BCUT2D eigenvalue weighted by molar-refractivity contribution is 7.90. The Hall–Kier alpha value is -2.75. The van der Waals surface area contributed by atoms with Crippen LogP contribution in [0.2, 0.25) is 10.0 Å². The minimum atomic E-state index is -4.01. The molecular weight excluding hydrogens is 439 g/mol. The van der Waals surface area contributed by atoms with Gasteiger partial charge in [0.2, 0.25) is 0 Å². The number of urea groups is 1. The number of aryl methyl sites for hydroxylation is 1. The molecule has 0 bridgehead atoms. The number of amides is 3. The van der Waals surface area contributed by atoms with Gasteiger partial charge < -0.3 is 15.2 Å². The fourth-order valence-electron chi connectivity index (χ4n) is 2.72. The van der Waals surface area contributed by atoms with E-state index in [-0.39, 0.29) is 4.90 Å². The summed E-state index contributed by atoms with van der Waals surface area (Å²) in [5.74, 6) is -0.407. The number of hydrogen-bond donors (Lipinski definition) is 3. The molecule has 0 saturated carbocycles. The third-order valence-corrected chi connectivity index (χ3v) is 6.06. The number of nitrogens with zero attached hydrogens (tertiary/aromatic N) is 1. The first-order chi connectivity index (χ1) is 13.6. The Kier molecular flexibility index (Phi) is 5.74. The van der Waals surface area contributed by atoms with Crippen LogP contribution in [0.25, 0.3) is 10.9 Å². The summed E-state index contributed by atoms with van der Waals surface area (Å²) < 4.78 is 27.7. The second-order valence-electron chi connectivity index (χ2n) is 6.07. The zero-order valence-electron chi connectivity index (χ0n) is 15.3. The van der Waals surface area contributed by atoms with Crippen molar-refractivity contribution in [2.75, 3.05) is 12.4 Å². The summed E-state index contributed by atoms with van der Waals surface area (Å²) in [5, 5.41) is 6.43. The van der Waals surface area contributed by atoms with Crippen LogP contribution in [0.4, 0.5) is 10.5 Å². The number of anilines is 1. The van der Waals surface area contributed by atoms with E-state index in [1.54, 1.807) is 29.8 Å². The minimum absolute atomic E-state index is 0.120. The number of halogens is 2. The Morgan fingerprint density at radius 3 is 2.31 bits per heavy atom. The van der Waals surface area contributed by atoms with Crippen LogP contribution in [0.5, 0.6) is 0 Å². The molecule has 0 fully saturated rings. The molecule has 0 aliphatic rings. The molecule has 3 aromatic rings. The topological polar surface area (TPSA) is 109 Å². The number of fused-ring (bicyclic) bond motifs is 1. The van der Waals surface area contributed by atoms with Gasteiger partial charge in [0.25, 0.3) is 15.9 Å². The van der Waals surface area contributed by atoms with E-state index >= 15 is 0 Å². The lowest BCUT2D eigenvalue weighted by atomic mass is 10.2. The third kappa shape index (κ3) is 4.31. The maximum absolute atomic E-state index is 12.7. The minimum Gasteiger partial charge on any atom is -0.340 e. The molecule has 1 heterocycles. The smallest absolute Gasteiger partial charge is 0.328 e. The third-order valence-electron chi connectivity index (χ3n) is 4.19. The Morgan fingerprint density at radius 2 is 1.69 bits per heavy atom. The largest absolute Gasteiger partial charge is 0.340 e. The van der Waals surface area contributed by atoms with E-state index in [0.717, 1.165) is 0 Å². The van der Waals surface area contributed by atoms with E-state index in [4.69, 9.17) is 23.2 Å². The number of hydrogen-bond acceptors (Lipinski definition) is 4. The van der Waals surface area contributed by atoms with Gasteiger partial charge in [-0.1, -0.05) is 23.2 Å². The molecule has 0 saturated heterocycles. The van der Waals surface area contributed by atoms with E-state index in [9.17, 15) is 18.0 Å². The Bertz CT molecular complexity index is 1220. The monoisotopic (exact) mass is 454 g/mol. The fraction of sp³-hybridized carbons (Fsp3) is 0.111. The summed E-state index contributed by atoms with van der Waals surface area (Å²) in [6, 6.07) is 9.49. The first-order valence-electron chi connectivity index (χ1n) is 8.23. The number of carbonyl (C=O) groups excluding carboxylic acids is 2. The van der Waals surface area contributed by atoms with Crippen LogP contribution in [0.3, 0.4) is 0 Å². The van der Waals surface area contributed by atoms with Crippen LogP contribution < -0.4 is 15.4 Å². The van der Waals surface area contributed by atoms with Crippen LogP contribution in [0.1, 0.15) is 10.5 Å². The van der Waals surface area contributed by atoms with Crippen molar-refractivity contribution in [2.45, 2.75) is 4.90 Å². The summed E-state index contributed by atoms with van der Waals surface area (Å²) in [7, 11) is -0.992. The van der Waals surface area contributed by atoms with E-state index in [2.05, 4.69) is 10.6 Å². The van der Waals surface area contributed by atoms with Crippen molar-refractivity contribution in [2.24, 2.45) is 7.05 Å². The molecular formula is C18H16Cl2N4O4S. The molecule has 0 atom stereocenters. The second-order valence-corrected chi connectivity index (χ2v) is 8.60. The average molecular weight is 455 g/mol. The molecule has 11 heteroatoms. The van der Waals surface area contributed by atoms with Gasteiger partial charge in [0.05, 0.1) is 15.4 Å². The number of benzene rings is 2. The number of carbonyl (C=O) groups is 2. The highest BCUT2D eigenvalue weighted by atomic mass is 35.5. The summed E-state index contributed by atoms with van der Waals surface area (Å²) in [6.45, 7) is 0. The van der Waals surface area contributed by atoms with Crippen molar-refractivity contribution in [1.29, 1.82) is 0 Å². The van der Waals surface area contributed by atoms with E-state index in [1.165, 1.54) is 31.3 Å². The van der Waals surface area contributed by atoms with E-state index < -0.39 is 22.0 Å². The standard InChI is InChI=1S/C18H16Cl2N4O4S/c1-21-18(26)23-29(27,28)12-5-3-11(4-6-12)22-17(25)16-9-13-14(20)7-10(19)8-15(13)24(16)2/h3-9H,1-2H3,(H,22,25)(H2,21,23,26). The van der Waals surface area contributed by atoms with Crippen LogP contribution >= 0.6 is 23.2 Å². The highest BCUT2D eigenvalue weighted by Crippen LogP contribution is 2.30. The van der Waals surface area contributed by atoms with Crippen molar-refractivity contribution < 1.29 is 18.0 Å². The van der Waals surface area contributed by atoms with Crippen molar-refractivity contribution in [3.05, 3.63) is 58.2 Å². The van der Waals surface area contributed by atoms with Gasteiger partial charge in [0, 0.05) is 30.2 Å². The van der Waals surface area contributed by atoms with Gasteiger partial charge in [-0.3, -0.25) is 4.79 Å². The van der Waals surface area contributed by atoms with E-state index in [0.29, 0.717) is 32.3 Å². The molecule has 8 nitrogen and oxygen atoms in total. The summed E-state index contributed by atoms with van der Waals surface area (Å²) in [6.07, 6.45) is 0. The maximum atomic E-state index is 12.7. The molecule has 1 aromatic heterocycles. The first-order valence-corrected chi connectivity index (χ1v) is 10.5. The zero-order chi connectivity index (χ0) is 21.3. The molecule has 29 heavy (non-hydrogen) atoms. The highest BCUT2D eigenvalue weighted by Gasteiger charge is 2.18. The van der Waals surface area contributed by atoms with Gasteiger partial charge in [-0.2, -0.15) is 0 Å². The van der Waals surface area contributed by atoms with Crippen LogP contribution in [0, 0.1) is 0 Å². The second kappa shape index (κ2) is 7.94. The predicted octanol–water partition coefficient (Wildman–Crippen LogP) is 3.36. The van der Waals surface area contributed by atoms with Crippen LogP contribution in [-0.4, -0.2) is 32.0 Å². The zero-order valence-corrected chi connectivity index (χ0v) is 17.6. The number of aromatic nitrogens is 1. The quantitative estimate of drug-likeness (QED) is 0.561. The number of sulfonamides is 1. The molecule has 3 rings (SSSR count). The summed E-state index contributed by atoms with van der Waals surface area (Å²) >= 11 is 12.2. The average Bonchev–Trinajstić information content (AvgIpc) is 2.99. The van der Waals surface area contributed by atoms with Crippen LogP contribution in [-0.2, 0) is 17.1 Å². The Morgan fingerprint density at radius 1 is 1.03 bits per heavy atom. The van der Waals surface area contributed by atoms with Crippen molar-refractivity contribution in [1.82, 2.24) is 14.6 Å². The van der Waals surface area contributed by atoms with Gasteiger partial charge in [-0.05, 0) is 42.5 Å². The summed E-state index contributed by atoms with van der Waals surface area (Å²) in [4.78, 5) is 23.8. The Labute approximate surface area is 176 Å². The molecule has 0 aliphatic heterocycles. The van der Waals surface area contributed by atoms with Gasteiger partial charge in [0.15, 0.2) is 0 Å². The molecule has 0 spiro atoms. The van der Waals surface area contributed by atoms with Crippen molar-refractivity contribution >= 4 is 61.8 Å². The van der Waals surface area contributed by atoms with E-state index in [1.807, 2.05) is 4.72 Å². The number of rotatable bonds is 4. The molecule has 0 radical (unpaired) electrons. The van der Waals surface area contributed by atoms with Crippen LogP contribution in [0.15, 0.2) is 47.4 Å². The SMILES string of the molecule is CNC(=O)NS(=O)(=O)c1ccc(NC(=O)c2cc3c(Cl)cc(Cl)cc3n2C)cc1. The fourth-order valence-corrected chi connectivity index (χ4v) is 4.21. The van der Waals surface area contributed by atoms with Gasteiger partial charge >= 0.3 is 6.03 Å². The number of nitrogens with one attached hydrogen (secondary N) is 3. The van der Waals surface area contributed by atoms with Crippen molar-refractivity contribution in [3.63, 3.8) is 0 Å². The van der Waals surface area contributed by atoms with Gasteiger partial charge in [0.1, 0.15) is 5.69 Å². The molecule has 3 N–H and O–H groups in total. The molecule has 152 valence electrons. The summed E-state index contributed by atoms with van der Waals surface area (Å²) in [5.41, 5.74) is 1.43. The first kappa shape index (κ1) is 21.0. The molecule has 3 amide bonds. The molecule has 2 aromatic carbocycles. The maximum Gasteiger partial charge on any atom is 0.328 e. The predicted molar refractivity (Wildman–Crippen MR) is 112 cm³/mol. The van der Waals surface area contributed by atoms with Gasteiger partial charge in [-0.15, -0.1) is 0 Å². The lowest BCUT2D eigenvalue weighted by molar-refractivity contribution is 0.101. The van der Waals surface area contributed by atoms with Crippen molar-refractivity contribution in [3.8, 4) is 0 Å².